The minimum Gasteiger partial charge on any atom is -0.497 e. The number of hydrogen-bond acceptors (Lipinski definition) is 3. The Bertz CT molecular complexity index is 352. The van der Waals surface area contributed by atoms with Crippen molar-refractivity contribution in [1.29, 1.82) is 0 Å². The van der Waals surface area contributed by atoms with E-state index in [4.69, 9.17) is 9.47 Å². The maximum atomic E-state index is 5.59. The first kappa shape index (κ1) is 16.0. The molecule has 0 aromatic heterocycles. The zero-order valence-electron chi connectivity index (χ0n) is 12.6. The van der Waals surface area contributed by atoms with Crippen molar-refractivity contribution in [3.63, 3.8) is 0 Å². The molecule has 3 nitrogen and oxygen atoms in total. The highest BCUT2D eigenvalue weighted by molar-refractivity contribution is 5.30. The van der Waals surface area contributed by atoms with Crippen LogP contribution < -0.4 is 10.1 Å². The van der Waals surface area contributed by atoms with Crippen molar-refractivity contribution in [3.05, 3.63) is 29.8 Å². The molecule has 0 spiro atoms. The van der Waals surface area contributed by atoms with Crippen LogP contribution in [0.2, 0.25) is 0 Å². The standard InChI is InChI=1S/C16H27NO2/c1-13(2)8-10-19-11-9-17-14(3)15-6-5-7-16(12-15)18-4/h5-7,12-14,17H,8-11H2,1-4H3/t14-/m0/s1. The van der Waals surface area contributed by atoms with Gasteiger partial charge in [0.15, 0.2) is 0 Å². The number of benzene rings is 1. The van der Waals surface area contributed by atoms with E-state index in [1.54, 1.807) is 7.11 Å². The second kappa shape index (κ2) is 8.94. The van der Waals surface area contributed by atoms with Gasteiger partial charge in [0.2, 0.25) is 0 Å². The maximum absolute atomic E-state index is 5.59. The van der Waals surface area contributed by atoms with Gasteiger partial charge >= 0.3 is 0 Å². The van der Waals surface area contributed by atoms with Crippen molar-refractivity contribution in [1.82, 2.24) is 5.32 Å². The first-order valence-corrected chi connectivity index (χ1v) is 7.08. The van der Waals surface area contributed by atoms with Gasteiger partial charge in [-0.3, -0.25) is 0 Å². The van der Waals surface area contributed by atoms with E-state index in [0.29, 0.717) is 12.0 Å². The largest absolute Gasteiger partial charge is 0.497 e. The van der Waals surface area contributed by atoms with Crippen LogP contribution in [0.25, 0.3) is 0 Å². The molecule has 0 aliphatic carbocycles. The summed E-state index contributed by atoms with van der Waals surface area (Å²) >= 11 is 0. The molecule has 0 radical (unpaired) electrons. The molecular weight excluding hydrogens is 238 g/mol. The lowest BCUT2D eigenvalue weighted by Gasteiger charge is -2.15. The van der Waals surface area contributed by atoms with Gasteiger partial charge < -0.3 is 14.8 Å². The normalized spacial score (nSPS) is 12.7. The molecular formula is C16H27NO2. The number of hydrogen-bond donors (Lipinski definition) is 1. The summed E-state index contributed by atoms with van der Waals surface area (Å²) in [5, 5.41) is 3.46. The van der Waals surface area contributed by atoms with E-state index in [-0.39, 0.29) is 0 Å². The zero-order chi connectivity index (χ0) is 14.1. The predicted molar refractivity (Wildman–Crippen MR) is 79.7 cm³/mol. The van der Waals surface area contributed by atoms with Crippen LogP contribution in [0.15, 0.2) is 24.3 Å². The Kier molecular flexibility index (Phi) is 7.53. The van der Waals surface area contributed by atoms with Crippen LogP contribution in [0.3, 0.4) is 0 Å². The van der Waals surface area contributed by atoms with Crippen LogP contribution in [0.5, 0.6) is 5.75 Å². The minimum absolute atomic E-state index is 0.309. The van der Waals surface area contributed by atoms with Gasteiger partial charge in [-0.05, 0) is 37.0 Å². The molecule has 3 heteroatoms. The summed E-state index contributed by atoms with van der Waals surface area (Å²) in [5.41, 5.74) is 1.24. The molecule has 108 valence electrons. The van der Waals surface area contributed by atoms with E-state index in [1.807, 2.05) is 12.1 Å². The summed E-state index contributed by atoms with van der Waals surface area (Å²) < 4.78 is 10.8. The molecule has 0 aliphatic rings. The summed E-state index contributed by atoms with van der Waals surface area (Å²) in [6.07, 6.45) is 1.13. The van der Waals surface area contributed by atoms with Crippen molar-refractivity contribution in [3.8, 4) is 5.75 Å². The molecule has 0 unspecified atom stereocenters. The predicted octanol–water partition coefficient (Wildman–Crippen LogP) is 3.41. The van der Waals surface area contributed by atoms with Crippen LogP contribution >= 0.6 is 0 Å². The molecule has 0 saturated carbocycles. The van der Waals surface area contributed by atoms with Gasteiger partial charge in [-0.2, -0.15) is 0 Å². The Morgan fingerprint density at radius 2 is 1.95 bits per heavy atom. The molecule has 1 N–H and O–H groups in total. The fourth-order valence-electron chi connectivity index (χ4n) is 1.80. The van der Waals surface area contributed by atoms with E-state index in [1.165, 1.54) is 5.56 Å². The van der Waals surface area contributed by atoms with Crippen LogP contribution in [0, 0.1) is 5.92 Å². The van der Waals surface area contributed by atoms with Gasteiger partial charge in [-0.1, -0.05) is 26.0 Å². The fourth-order valence-corrected chi connectivity index (χ4v) is 1.80. The number of methoxy groups -OCH3 is 1. The quantitative estimate of drug-likeness (QED) is 0.694. The lowest BCUT2D eigenvalue weighted by atomic mass is 10.1. The summed E-state index contributed by atoms with van der Waals surface area (Å²) in [6.45, 7) is 9.08. The van der Waals surface area contributed by atoms with Crippen molar-refractivity contribution in [2.24, 2.45) is 5.92 Å². The van der Waals surface area contributed by atoms with E-state index >= 15 is 0 Å². The van der Waals surface area contributed by atoms with Crippen molar-refractivity contribution in [2.75, 3.05) is 26.9 Å². The zero-order valence-corrected chi connectivity index (χ0v) is 12.6. The smallest absolute Gasteiger partial charge is 0.119 e. The molecule has 0 amide bonds. The average Bonchev–Trinajstić information content (AvgIpc) is 2.42. The number of rotatable bonds is 9. The highest BCUT2D eigenvalue weighted by Gasteiger charge is 2.05. The van der Waals surface area contributed by atoms with Crippen LogP contribution in [0.1, 0.15) is 38.8 Å². The third kappa shape index (κ3) is 6.60. The molecule has 0 saturated heterocycles. The SMILES string of the molecule is COc1cccc([C@H](C)NCCOCCC(C)C)c1. The number of ether oxygens (including phenoxy) is 2. The highest BCUT2D eigenvalue weighted by Crippen LogP contribution is 2.18. The third-order valence-corrected chi connectivity index (χ3v) is 3.13. The lowest BCUT2D eigenvalue weighted by molar-refractivity contribution is 0.123. The summed E-state index contributed by atoms with van der Waals surface area (Å²) in [4.78, 5) is 0. The van der Waals surface area contributed by atoms with Gasteiger partial charge in [0.1, 0.15) is 5.75 Å². The molecule has 1 rings (SSSR count). The van der Waals surface area contributed by atoms with Crippen molar-refractivity contribution >= 4 is 0 Å². The fraction of sp³-hybridized carbons (Fsp3) is 0.625. The molecule has 19 heavy (non-hydrogen) atoms. The molecule has 0 fully saturated rings. The molecule has 0 bridgehead atoms. The van der Waals surface area contributed by atoms with Crippen molar-refractivity contribution < 1.29 is 9.47 Å². The summed E-state index contributed by atoms with van der Waals surface area (Å²) in [6, 6.07) is 8.47. The van der Waals surface area contributed by atoms with Gasteiger partial charge in [-0.15, -0.1) is 0 Å². The van der Waals surface area contributed by atoms with Gasteiger partial charge in [0, 0.05) is 19.2 Å². The second-order valence-corrected chi connectivity index (χ2v) is 5.25. The Morgan fingerprint density at radius 1 is 1.16 bits per heavy atom. The summed E-state index contributed by atoms with van der Waals surface area (Å²) in [5.74, 6) is 1.61. The first-order chi connectivity index (χ1) is 9.13. The third-order valence-electron chi connectivity index (χ3n) is 3.13. The van der Waals surface area contributed by atoms with Crippen molar-refractivity contribution in [2.45, 2.75) is 33.2 Å². The van der Waals surface area contributed by atoms with E-state index < -0.39 is 0 Å². The van der Waals surface area contributed by atoms with E-state index in [0.717, 1.165) is 31.9 Å². The maximum Gasteiger partial charge on any atom is 0.119 e. The minimum atomic E-state index is 0.309. The Hall–Kier alpha value is -1.06. The Labute approximate surface area is 117 Å². The highest BCUT2D eigenvalue weighted by atomic mass is 16.5. The Morgan fingerprint density at radius 3 is 2.63 bits per heavy atom. The molecule has 1 aromatic rings. The van der Waals surface area contributed by atoms with Crippen LogP contribution in [0.4, 0.5) is 0 Å². The monoisotopic (exact) mass is 265 g/mol. The molecule has 0 heterocycles. The first-order valence-electron chi connectivity index (χ1n) is 7.08. The molecule has 1 aromatic carbocycles. The second-order valence-electron chi connectivity index (χ2n) is 5.25. The lowest BCUT2D eigenvalue weighted by Crippen LogP contribution is -2.23. The molecule has 0 aliphatic heterocycles. The van der Waals surface area contributed by atoms with Gasteiger partial charge in [0.25, 0.3) is 0 Å². The van der Waals surface area contributed by atoms with Gasteiger partial charge in [0.05, 0.1) is 13.7 Å². The van der Waals surface area contributed by atoms with Crippen LogP contribution in [-0.2, 0) is 4.74 Å². The average molecular weight is 265 g/mol. The van der Waals surface area contributed by atoms with E-state index in [9.17, 15) is 0 Å². The topological polar surface area (TPSA) is 30.5 Å². The Balaban J connectivity index is 2.21. The van der Waals surface area contributed by atoms with Gasteiger partial charge in [-0.25, -0.2) is 0 Å². The van der Waals surface area contributed by atoms with E-state index in [2.05, 4.69) is 38.2 Å². The van der Waals surface area contributed by atoms with Crippen LogP contribution in [-0.4, -0.2) is 26.9 Å². The molecule has 1 atom stereocenters. The number of nitrogens with one attached hydrogen (secondary N) is 1. The summed E-state index contributed by atoms with van der Waals surface area (Å²) in [7, 11) is 1.69.